The number of likely N-dealkylation sites (tertiary alicyclic amines) is 2. The summed E-state index contributed by atoms with van der Waals surface area (Å²) in [6.45, 7) is 9.85. The molecular formula is C56H74F3N11O10S. The van der Waals surface area contributed by atoms with Crippen molar-refractivity contribution in [2.75, 3.05) is 102 Å². The van der Waals surface area contributed by atoms with Crippen molar-refractivity contribution >= 4 is 64.0 Å². The fraction of sp³-hybridized carbons (Fsp3) is 0.571. The number of carbonyl (C=O) groups excluding carboxylic acids is 5. The summed E-state index contributed by atoms with van der Waals surface area (Å²) in [5.74, 6) is -7.55. The second-order valence-corrected chi connectivity index (χ2v) is 22.9. The number of rotatable bonds is 23. The van der Waals surface area contributed by atoms with E-state index in [2.05, 4.69) is 41.1 Å². The third kappa shape index (κ3) is 15.3. The summed E-state index contributed by atoms with van der Waals surface area (Å²) >= 11 is 1.56. The van der Waals surface area contributed by atoms with Gasteiger partial charge in [0.05, 0.1) is 86.3 Å². The van der Waals surface area contributed by atoms with Crippen LogP contribution in [0.15, 0.2) is 48.1 Å². The summed E-state index contributed by atoms with van der Waals surface area (Å²) < 4.78 is 68.3. The number of β-amino-alcohol motifs (C(OH)–C–C–N with tert-alkyl or cyclic N) is 1. The Morgan fingerprint density at radius 3 is 2.31 bits per heavy atom. The Morgan fingerprint density at radius 1 is 0.951 bits per heavy atom. The molecule has 1 saturated carbocycles. The maximum atomic E-state index is 15.7. The van der Waals surface area contributed by atoms with Crippen LogP contribution in [0.5, 0.6) is 5.75 Å². The molecule has 2 saturated heterocycles. The molecule has 3 atom stereocenters. The van der Waals surface area contributed by atoms with Crippen LogP contribution in [-0.4, -0.2) is 182 Å². The van der Waals surface area contributed by atoms with Gasteiger partial charge >= 0.3 is 5.92 Å². The average Bonchev–Trinajstić information content (AvgIpc) is 4.36. The zero-order valence-electron chi connectivity index (χ0n) is 46.7. The van der Waals surface area contributed by atoms with Crippen molar-refractivity contribution in [3.05, 3.63) is 70.7 Å². The summed E-state index contributed by atoms with van der Waals surface area (Å²) in [6, 6.07) is 7.84. The van der Waals surface area contributed by atoms with E-state index in [0.717, 1.165) is 45.5 Å². The topological polar surface area (TPSA) is 242 Å². The van der Waals surface area contributed by atoms with Crippen LogP contribution in [0.25, 0.3) is 10.4 Å². The summed E-state index contributed by atoms with van der Waals surface area (Å²) in [6.07, 6.45) is 4.80. The number of hydrogen-bond donors (Lipinski definition) is 5. The molecule has 5 heterocycles. The number of fused-ring (bicyclic) bond motifs is 1. The Bertz CT molecular complexity index is 2850. The quantitative estimate of drug-likeness (QED) is 0.0599. The lowest BCUT2D eigenvalue weighted by Crippen LogP contribution is -2.58. The Balaban J connectivity index is 0.698. The molecule has 25 heteroatoms. The summed E-state index contributed by atoms with van der Waals surface area (Å²) in [4.78, 5) is 86.7. The van der Waals surface area contributed by atoms with E-state index in [4.69, 9.17) is 18.9 Å². The monoisotopic (exact) mass is 1150 g/mol. The first kappa shape index (κ1) is 60.6. The first-order chi connectivity index (χ1) is 38.7. The van der Waals surface area contributed by atoms with Gasteiger partial charge in [-0.15, -0.1) is 11.3 Å². The van der Waals surface area contributed by atoms with Crippen molar-refractivity contribution in [3.8, 4) is 16.2 Å². The lowest BCUT2D eigenvalue weighted by Gasteiger charge is -2.35. The molecule has 2 unspecified atom stereocenters. The molecule has 1 aliphatic carbocycles. The van der Waals surface area contributed by atoms with E-state index in [-0.39, 0.29) is 85.9 Å². The second kappa shape index (κ2) is 27.0. The van der Waals surface area contributed by atoms with Gasteiger partial charge in [-0.2, -0.15) is 13.8 Å². The summed E-state index contributed by atoms with van der Waals surface area (Å²) in [7, 11) is 2.63. The number of piperidine rings is 1. The van der Waals surface area contributed by atoms with Gasteiger partial charge in [-0.3, -0.25) is 24.0 Å². The van der Waals surface area contributed by atoms with E-state index < -0.39 is 71.4 Å². The molecule has 0 bridgehead atoms. The van der Waals surface area contributed by atoms with Crippen LogP contribution in [0.4, 0.5) is 36.3 Å². The standard InChI is InChI=1S/C56H74F3N11O10S/c1-34-47(81-33-62-34)36-13-11-35(12-14-36)28-60-51(74)43-25-39(71)30-69(43)52(75)48(55(2,3)4)65-46(72)31-80-24-23-79-22-21-78-20-19-68-17-15-37(16-18-68)63-50(73)40-26-45(77-6)42(27-41(40)57)64-54-61-29-44-49(66-54)70(38-9-7-8-10-38)32-56(58,59)53(76)67(44)5/h11-14,26-27,29,33,37-39,43,48,71H,7-10,15-25,28,30-32H2,1-6H3,(H,60,74)(H,63,73)(H,65,72)(H,61,64,66)/t39?,43?,48-/m1/s1. The molecule has 2 aromatic heterocycles. The summed E-state index contributed by atoms with van der Waals surface area (Å²) in [5, 5.41) is 22.1. The minimum atomic E-state index is -3.64. The average molecular weight is 1150 g/mol. The number of thiazole rings is 1. The Labute approximate surface area is 473 Å². The third-order valence-corrected chi connectivity index (χ3v) is 16.1. The predicted molar refractivity (Wildman–Crippen MR) is 297 cm³/mol. The Kier molecular flexibility index (Phi) is 20.2. The van der Waals surface area contributed by atoms with Gasteiger partial charge in [0.1, 0.15) is 35.9 Å². The minimum Gasteiger partial charge on any atom is -0.495 e. The van der Waals surface area contributed by atoms with Gasteiger partial charge in [0.25, 0.3) is 11.8 Å². The molecule has 81 heavy (non-hydrogen) atoms. The number of carbonyl (C=O) groups is 5. The maximum Gasteiger partial charge on any atom is 0.342 e. The molecule has 5 amide bonds. The first-order valence-corrected chi connectivity index (χ1v) is 28.3. The number of aryl methyl sites for hydroxylation is 1. The van der Waals surface area contributed by atoms with E-state index in [9.17, 15) is 29.1 Å². The number of hydrogen-bond acceptors (Lipinski definition) is 17. The molecule has 5 N–H and O–H groups in total. The van der Waals surface area contributed by atoms with Gasteiger partial charge in [-0.1, -0.05) is 57.9 Å². The SMILES string of the molecule is COc1cc(C(=O)NC2CCN(CCOCCOCCOCC(=O)N[C@H](C(=O)N3CC(O)CC3C(=O)NCc3ccc(-c4scnc4C)cc3)C(C)(C)C)CC2)c(F)cc1Nc1ncc2c(n1)N(C1CCCC1)CC(F)(F)C(=O)N2C. The predicted octanol–water partition coefficient (Wildman–Crippen LogP) is 5.21. The van der Waals surface area contributed by atoms with Crippen molar-refractivity contribution < 1.29 is 61.2 Å². The lowest BCUT2D eigenvalue weighted by molar-refractivity contribution is -0.144. The van der Waals surface area contributed by atoms with Crippen molar-refractivity contribution in [3.63, 3.8) is 0 Å². The number of aliphatic hydroxyl groups excluding tert-OH is 1. The van der Waals surface area contributed by atoms with Gasteiger partial charge in [0.15, 0.2) is 5.82 Å². The van der Waals surface area contributed by atoms with E-state index in [0.29, 0.717) is 65.1 Å². The number of anilines is 4. The molecule has 4 aromatic rings. The van der Waals surface area contributed by atoms with Crippen molar-refractivity contribution in [1.29, 1.82) is 0 Å². The zero-order chi connectivity index (χ0) is 58.0. The van der Waals surface area contributed by atoms with Crippen LogP contribution in [0.3, 0.4) is 0 Å². The molecule has 2 aromatic carbocycles. The highest BCUT2D eigenvalue weighted by molar-refractivity contribution is 7.13. The van der Waals surface area contributed by atoms with Crippen LogP contribution < -0.4 is 35.8 Å². The molecule has 0 radical (unpaired) electrons. The number of ether oxygens (including phenoxy) is 4. The number of aromatic nitrogens is 3. The highest BCUT2D eigenvalue weighted by Crippen LogP contribution is 2.40. The Morgan fingerprint density at radius 2 is 1.64 bits per heavy atom. The van der Waals surface area contributed by atoms with Crippen LogP contribution in [0.2, 0.25) is 0 Å². The fourth-order valence-electron chi connectivity index (χ4n) is 10.6. The number of halogens is 3. The second-order valence-electron chi connectivity index (χ2n) is 22.0. The maximum absolute atomic E-state index is 15.7. The van der Waals surface area contributed by atoms with Crippen LogP contribution in [0, 0.1) is 18.2 Å². The van der Waals surface area contributed by atoms with Crippen molar-refractivity contribution in [1.82, 2.24) is 40.7 Å². The molecule has 4 aliphatic rings. The largest absolute Gasteiger partial charge is 0.495 e. The van der Waals surface area contributed by atoms with Gasteiger partial charge in [0, 0.05) is 64.3 Å². The first-order valence-electron chi connectivity index (χ1n) is 27.5. The smallest absolute Gasteiger partial charge is 0.342 e. The molecular weight excluding hydrogens is 1080 g/mol. The van der Waals surface area contributed by atoms with E-state index in [1.807, 2.05) is 52.0 Å². The van der Waals surface area contributed by atoms with Gasteiger partial charge in [-0.25, -0.2) is 14.4 Å². The number of nitrogens with one attached hydrogen (secondary N) is 4. The molecule has 0 spiro atoms. The van der Waals surface area contributed by atoms with Gasteiger partial charge in [-0.05, 0) is 55.2 Å². The van der Waals surface area contributed by atoms with E-state index in [1.54, 1.807) is 16.8 Å². The molecule has 440 valence electrons. The molecule has 3 fully saturated rings. The van der Waals surface area contributed by atoms with E-state index in [1.165, 1.54) is 36.2 Å². The minimum absolute atomic E-state index is 0.0350. The highest BCUT2D eigenvalue weighted by Gasteiger charge is 2.49. The Hall–Kier alpha value is -6.51. The van der Waals surface area contributed by atoms with Crippen LogP contribution in [0.1, 0.15) is 87.3 Å². The number of alkyl halides is 2. The van der Waals surface area contributed by atoms with Crippen molar-refractivity contribution in [2.45, 2.75) is 115 Å². The van der Waals surface area contributed by atoms with E-state index >= 15 is 13.2 Å². The van der Waals surface area contributed by atoms with Gasteiger partial charge in [0.2, 0.25) is 23.7 Å². The third-order valence-electron chi connectivity index (χ3n) is 15.1. The van der Waals surface area contributed by atoms with Crippen LogP contribution >= 0.6 is 11.3 Å². The lowest BCUT2D eigenvalue weighted by atomic mass is 9.85. The molecule has 3 aliphatic heterocycles. The normalized spacial score (nSPS) is 19.3. The number of benzene rings is 2. The number of nitrogens with zero attached hydrogens (tertiary/aromatic N) is 7. The fourth-order valence-corrected chi connectivity index (χ4v) is 11.4. The summed E-state index contributed by atoms with van der Waals surface area (Å²) in [5.41, 5.74) is 3.95. The van der Waals surface area contributed by atoms with Crippen molar-refractivity contribution in [2.24, 2.45) is 5.41 Å². The number of amides is 5. The molecule has 8 rings (SSSR count). The number of methoxy groups -OCH3 is 1. The molecule has 21 nitrogen and oxygen atoms in total. The highest BCUT2D eigenvalue weighted by atomic mass is 32.1. The zero-order valence-corrected chi connectivity index (χ0v) is 47.6. The van der Waals surface area contributed by atoms with Gasteiger partial charge < -0.3 is 64.9 Å². The number of aliphatic hydroxyl groups is 1. The van der Waals surface area contributed by atoms with Crippen LogP contribution in [-0.2, 0) is 39.9 Å².